The number of aromatic nitrogens is 1. The van der Waals surface area contributed by atoms with Crippen LogP contribution in [0.5, 0.6) is 0 Å². The van der Waals surface area contributed by atoms with Gasteiger partial charge in [-0.25, -0.2) is 0 Å². The lowest BCUT2D eigenvalue weighted by Gasteiger charge is -1.93. The summed E-state index contributed by atoms with van der Waals surface area (Å²) in [6.45, 7) is 4.22. The third kappa shape index (κ3) is 2.05. The first-order valence-corrected chi connectivity index (χ1v) is 3.80. The van der Waals surface area contributed by atoms with E-state index in [0.717, 1.165) is 11.5 Å². The molecule has 0 aliphatic carbocycles. The van der Waals surface area contributed by atoms with Crippen LogP contribution in [0.3, 0.4) is 0 Å². The molecule has 0 aliphatic rings. The maximum absolute atomic E-state index is 8.59. The van der Waals surface area contributed by atoms with Gasteiger partial charge in [0.25, 0.3) is 0 Å². The van der Waals surface area contributed by atoms with E-state index in [9.17, 15) is 0 Å². The van der Waals surface area contributed by atoms with E-state index in [0.29, 0.717) is 12.3 Å². The molecule has 3 heteroatoms. The number of aliphatic hydroxyl groups excluding tert-OH is 1. The van der Waals surface area contributed by atoms with Crippen LogP contribution in [0.4, 0.5) is 0 Å². The molecule has 0 unspecified atom stereocenters. The van der Waals surface area contributed by atoms with E-state index in [1.54, 1.807) is 0 Å². The Morgan fingerprint density at radius 1 is 1.64 bits per heavy atom. The molecule has 0 fully saturated rings. The second-order valence-electron chi connectivity index (χ2n) is 2.85. The fourth-order valence-electron chi connectivity index (χ4n) is 0.833. The SMILES string of the molecule is CC(C)c1cc(CCO)no1. The van der Waals surface area contributed by atoms with Crippen LogP contribution in [0.15, 0.2) is 10.6 Å². The summed E-state index contributed by atoms with van der Waals surface area (Å²) in [5, 5.41) is 12.4. The van der Waals surface area contributed by atoms with E-state index >= 15 is 0 Å². The van der Waals surface area contributed by atoms with Crippen LogP contribution in [-0.2, 0) is 6.42 Å². The van der Waals surface area contributed by atoms with Crippen molar-refractivity contribution in [1.29, 1.82) is 0 Å². The largest absolute Gasteiger partial charge is 0.396 e. The van der Waals surface area contributed by atoms with Crippen molar-refractivity contribution >= 4 is 0 Å². The number of hydrogen-bond donors (Lipinski definition) is 1. The van der Waals surface area contributed by atoms with E-state index in [1.807, 2.05) is 19.9 Å². The van der Waals surface area contributed by atoms with Gasteiger partial charge in [-0.05, 0) is 0 Å². The number of hydrogen-bond acceptors (Lipinski definition) is 3. The van der Waals surface area contributed by atoms with Crippen molar-refractivity contribution in [2.24, 2.45) is 0 Å². The van der Waals surface area contributed by atoms with Crippen LogP contribution < -0.4 is 0 Å². The molecule has 0 saturated carbocycles. The summed E-state index contributed by atoms with van der Waals surface area (Å²) in [6.07, 6.45) is 0.580. The number of rotatable bonds is 3. The maximum Gasteiger partial charge on any atom is 0.139 e. The van der Waals surface area contributed by atoms with Gasteiger partial charge >= 0.3 is 0 Å². The standard InChI is InChI=1S/C8H13NO2/c1-6(2)8-5-7(3-4-10)9-11-8/h5-6,10H,3-4H2,1-2H3. The zero-order chi connectivity index (χ0) is 8.27. The van der Waals surface area contributed by atoms with E-state index in [2.05, 4.69) is 5.16 Å². The van der Waals surface area contributed by atoms with Gasteiger partial charge in [-0.2, -0.15) is 0 Å². The predicted molar refractivity (Wildman–Crippen MR) is 41.4 cm³/mol. The molecule has 1 aromatic rings. The van der Waals surface area contributed by atoms with E-state index in [4.69, 9.17) is 9.63 Å². The van der Waals surface area contributed by atoms with Gasteiger partial charge in [0.15, 0.2) is 0 Å². The molecule has 1 heterocycles. The molecular formula is C8H13NO2. The van der Waals surface area contributed by atoms with E-state index in [-0.39, 0.29) is 6.61 Å². The molecule has 62 valence electrons. The molecule has 0 atom stereocenters. The highest BCUT2D eigenvalue weighted by molar-refractivity contribution is 5.08. The molecule has 0 amide bonds. The zero-order valence-electron chi connectivity index (χ0n) is 6.87. The van der Waals surface area contributed by atoms with Gasteiger partial charge in [-0.3, -0.25) is 0 Å². The van der Waals surface area contributed by atoms with Crippen LogP contribution in [0, 0.1) is 0 Å². The maximum atomic E-state index is 8.59. The Labute approximate surface area is 66.0 Å². The van der Waals surface area contributed by atoms with Crippen molar-refractivity contribution in [3.63, 3.8) is 0 Å². The molecule has 1 N–H and O–H groups in total. The van der Waals surface area contributed by atoms with Crippen LogP contribution in [0.25, 0.3) is 0 Å². The third-order valence-electron chi connectivity index (χ3n) is 1.51. The van der Waals surface area contributed by atoms with Crippen LogP contribution >= 0.6 is 0 Å². The van der Waals surface area contributed by atoms with Crippen LogP contribution in [0.2, 0.25) is 0 Å². The summed E-state index contributed by atoms with van der Waals surface area (Å²) in [6, 6.07) is 1.89. The van der Waals surface area contributed by atoms with Gasteiger partial charge < -0.3 is 9.63 Å². The van der Waals surface area contributed by atoms with Gasteiger partial charge in [0, 0.05) is 25.0 Å². The minimum absolute atomic E-state index is 0.129. The zero-order valence-corrected chi connectivity index (χ0v) is 6.87. The van der Waals surface area contributed by atoms with Crippen LogP contribution in [0.1, 0.15) is 31.2 Å². The molecule has 0 aromatic carbocycles. The molecule has 0 bridgehead atoms. The highest BCUT2D eigenvalue weighted by atomic mass is 16.5. The van der Waals surface area contributed by atoms with Crippen molar-refractivity contribution in [1.82, 2.24) is 5.16 Å². The number of nitrogens with zero attached hydrogens (tertiary/aromatic N) is 1. The molecular weight excluding hydrogens is 142 g/mol. The molecule has 11 heavy (non-hydrogen) atoms. The van der Waals surface area contributed by atoms with Crippen LogP contribution in [-0.4, -0.2) is 16.9 Å². The second-order valence-corrected chi connectivity index (χ2v) is 2.85. The van der Waals surface area contributed by atoms with Gasteiger partial charge in [-0.15, -0.1) is 0 Å². The highest BCUT2D eigenvalue weighted by Crippen LogP contribution is 2.14. The van der Waals surface area contributed by atoms with Crippen molar-refractivity contribution in [3.05, 3.63) is 17.5 Å². The number of aliphatic hydroxyl groups is 1. The first-order chi connectivity index (χ1) is 5.24. The molecule has 0 radical (unpaired) electrons. The average molecular weight is 155 g/mol. The predicted octanol–water partition coefficient (Wildman–Crippen LogP) is 1.33. The Hall–Kier alpha value is -0.830. The van der Waals surface area contributed by atoms with Gasteiger partial charge in [0.2, 0.25) is 0 Å². The van der Waals surface area contributed by atoms with Gasteiger partial charge in [0.1, 0.15) is 5.76 Å². The summed E-state index contributed by atoms with van der Waals surface area (Å²) in [4.78, 5) is 0. The monoisotopic (exact) mass is 155 g/mol. The normalized spacial score (nSPS) is 10.9. The molecule has 0 spiro atoms. The Bertz CT molecular complexity index is 218. The minimum atomic E-state index is 0.129. The smallest absolute Gasteiger partial charge is 0.139 e. The highest BCUT2D eigenvalue weighted by Gasteiger charge is 2.06. The average Bonchev–Trinajstić information content (AvgIpc) is 2.37. The van der Waals surface area contributed by atoms with Crippen molar-refractivity contribution in [2.75, 3.05) is 6.61 Å². The fraction of sp³-hybridized carbons (Fsp3) is 0.625. The molecule has 1 aromatic heterocycles. The van der Waals surface area contributed by atoms with E-state index < -0.39 is 0 Å². The van der Waals surface area contributed by atoms with Crippen molar-refractivity contribution < 1.29 is 9.63 Å². The Kier molecular flexibility index (Phi) is 2.65. The Morgan fingerprint density at radius 3 is 2.82 bits per heavy atom. The summed E-state index contributed by atoms with van der Waals surface area (Å²) >= 11 is 0. The molecule has 0 saturated heterocycles. The van der Waals surface area contributed by atoms with E-state index in [1.165, 1.54) is 0 Å². The summed E-state index contributed by atoms with van der Waals surface area (Å²) in [7, 11) is 0. The molecule has 0 aliphatic heterocycles. The van der Waals surface area contributed by atoms with Crippen molar-refractivity contribution in [3.8, 4) is 0 Å². The van der Waals surface area contributed by atoms with Gasteiger partial charge in [0.05, 0.1) is 5.69 Å². The lowest BCUT2D eigenvalue weighted by molar-refractivity contribution is 0.293. The fourth-order valence-corrected chi connectivity index (χ4v) is 0.833. The summed E-state index contributed by atoms with van der Waals surface area (Å²) in [5.41, 5.74) is 0.830. The summed E-state index contributed by atoms with van der Waals surface area (Å²) in [5.74, 6) is 1.25. The lowest BCUT2D eigenvalue weighted by atomic mass is 10.1. The first-order valence-electron chi connectivity index (χ1n) is 3.80. The first kappa shape index (κ1) is 8.27. The topological polar surface area (TPSA) is 46.3 Å². The van der Waals surface area contributed by atoms with Crippen molar-refractivity contribution in [2.45, 2.75) is 26.2 Å². The second kappa shape index (κ2) is 3.53. The third-order valence-corrected chi connectivity index (χ3v) is 1.51. The Morgan fingerprint density at radius 2 is 2.36 bits per heavy atom. The Balaban J connectivity index is 2.66. The summed E-state index contributed by atoms with van der Waals surface area (Å²) < 4.78 is 5.02. The molecule has 1 rings (SSSR count). The minimum Gasteiger partial charge on any atom is -0.396 e. The molecule has 3 nitrogen and oxygen atoms in total. The quantitative estimate of drug-likeness (QED) is 0.716. The lowest BCUT2D eigenvalue weighted by Crippen LogP contribution is -1.89. The van der Waals surface area contributed by atoms with Gasteiger partial charge in [-0.1, -0.05) is 19.0 Å².